The maximum absolute atomic E-state index is 12.0. The van der Waals surface area contributed by atoms with Gasteiger partial charge in [-0.3, -0.25) is 4.79 Å². The summed E-state index contributed by atoms with van der Waals surface area (Å²) in [6.07, 6.45) is -21.5. The van der Waals surface area contributed by atoms with Crippen LogP contribution in [0.3, 0.4) is 0 Å². The molecule has 0 aliphatic carbocycles. The Morgan fingerprint density at radius 3 is 1.94 bits per heavy atom. The van der Waals surface area contributed by atoms with E-state index in [2.05, 4.69) is 0 Å². The molecule has 2 aromatic carbocycles. The lowest BCUT2D eigenvalue weighted by molar-refractivity contribution is -0.294. The fourth-order valence-electron chi connectivity index (χ4n) is 5.49. The number of hydrogen-bond acceptors (Lipinski definition) is 20. The van der Waals surface area contributed by atoms with Gasteiger partial charge in [-0.25, -0.2) is 4.79 Å². The fraction of sp³-hybridized carbons (Fsp3) is 0.484. The number of carboxylic acids is 1. The summed E-state index contributed by atoms with van der Waals surface area (Å²) in [6, 6.07) is 4.03. The quantitative estimate of drug-likeness (QED) is 0.0779. The molecular formula is C31H36O21. The van der Waals surface area contributed by atoms with Crippen molar-refractivity contribution in [3.8, 4) is 34.5 Å². The van der Waals surface area contributed by atoms with Crippen LogP contribution in [-0.2, 0) is 28.5 Å². The van der Waals surface area contributed by atoms with Crippen LogP contribution in [0.15, 0.2) is 30.0 Å². The molecule has 0 amide bonds. The summed E-state index contributed by atoms with van der Waals surface area (Å²) in [5.74, 6) is -6.78. The molecule has 12 unspecified atom stereocenters. The number of fused-ring (bicyclic) bond motifs is 1. The molecule has 12 atom stereocenters. The number of carbonyl (C=O) groups excluding carboxylic acids is 1. The number of carbonyl (C=O) groups is 2. The summed E-state index contributed by atoms with van der Waals surface area (Å²) >= 11 is 0. The molecule has 0 spiro atoms. The topological polar surface area (TPSA) is 353 Å². The maximum atomic E-state index is 12.0. The molecule has 286 valence electrons. The van der Waals surface area contributed by atoms with Crippen LogP contribution in [0.2, 0.25) is 0 Å². The third-order valence-electron chi connectivity index (χ3n) is 8.34. The number of ether oxygens (including phenoxy) is 6. The molecule has 13 N–H and O–H groups in total. The third-order valence-corrected chi connectivity index (χ3v) is 8.34. The first-order valence-electron chi connectivity index (χ1n) is 15.4. The number of hydrogen-bond donors (Lipinski definition) is 13. The molecule has 0 saturated carbocycles. The average molecular weight is 745 g/mol. The van der Waals surface area contributed by atoms with E-state index < -0.39 is 128 Å². The second kappa shape index (κ2) is 15.5. The second-order valence-electron chi connectivity index (χ2n) is 12.0. The van der Waals surface area contributed by atoms with Crippen molar-refractivity contribution in [3.63, 3.8) is 0 Å². The molecule has 0 radical (unpaired) electrons. The van der Waals surface area contributed by atoms with Crippen molar-refractivity contribution in [1.29, 1.82) is 0 Å². The Balaban J connectivity index is 1.49. The van der Waals surface area contributed by atoms with E-state index in [0.29, 0.717) is 0 Å². The Morgan fingerprint density at radius 1 is 0.769 bits per heavy atom. The van der Waals surface area contributed by atoms with Crippen LogP contribution in [0.5, 0.6) is 34.5 Å². The van der Waals surface area contributed by atoms with Crippen LogP contribution < -0.4 is 9.47 Å². The van der Waals surface area contributed by atoms with Gasteiger partial charge in [-0.15, -0.1) is 0 Å². The largest absolute Gasteiger partial charge is 0.508 e. The summed E-state index contributed by atoms with van der Waals surface area (Å²) in [4.78, 5) is 22.9. The zero-order valence-corrected chi connectivity index (χ0v) is 26.5. The van der Waals surface area contributed by atoms with Gasteiger partial charge in [-0.2, -0.15) is 0 Å². The van der Waals surface area contributed by atoms with E-state index in [0.717, 1.165) is 24.3 Å². The van der Waals surface area contributed by atoms with Gasteiger partial charge in [0.15, 0.2) is 29.5 Å². The number of phenols is 4. The first kappa shape index (κ1) is 38.5. The molecule has 3 heterocycles. The van der Waals surface area contributed by atoms with Crippen molar-refractivity contribution in [2.45, 2.75) is 80.0 Å². The Kier molecular flexibility index (Phi) is 11.5. The highest BCUT2D eigenvalue weighted by Gasteiger charge is 2.48. The Morgan fingerprint density at radius 2 is 1.35 bits per heavy atom. The molecular weight excluding hydrogens is 708 g/mol. The standard InChI is InChI=1S/C31H36O21/c32-7-18-22(39)24(41)26(43)30(51-18)49-16-4-10(33)3-15-11(16)5-17(28(48-15)9-1-12(34)21(38)13(35)2-9)50-31-27(44)25(42)23(40)19(52-31)8-47-20(37)6-14(36)29(45)46/h1-5,14,18-19,22-28,30-36,38-44H,6-8H2,(H,45,46). The molecule has 2 aromatic rings. The normalized spacial score (nSPS) is 32.1. The summed E-state index contributed by atoms with van der Waals surface area (Å²) in [5, 5.41) is 131. The minimum atomic E-state index is -2.10. The summed E-state index contributed by atoms with van der Waals surface area (Å²) in [7, 11) is 0. The van der Waals surface area contributed by atoms with Crippen molar-refractivity contribution in [2.75, 3.05) is 13.2 Å². The molecule has 3 aliphatic heterocycles. The van der Waals surface area contributed by atoms with Crippen molar-refractivity contribution < 1.29 is 104 Å². The van der Waals surface area contributed by atoms with Gasteiger partial charge < -0.3 is 94.8 Å². The van der Waals surface area contributed by atoms with Gasteiger partial charge >= 0.3 is 11.9 Å². The lowest BCUT2D eigenvalue weighted by Crippen LogP contribution is -2.60. The average Bonchev–Trinajstić information content (AvgIpc) is 3.09. The summed E-state index contributed by atoms with van der Waals surface area (Å²) in [5.41, 5.74) is -0.195. The highest BCUT2D eigenvalue weighted by molar-refractivity contribution is 5.80. The SMILES string of the molecule is O=C(CC(O)C(=O)O)OCC1OC(OC2=Cc3c(cc(O)cc3OC3OC(CO)C(O)C(O)C3O)OC2c2cc(O)c(O)c(O)c2)C(O)C(O)C1O. The van der Waals surface area contributed by atoms with Gasteiger partial charge in [0.05, 0.1) is 18.6 Å². The molecule has 52 heavy (non-hydrogen) atoms. The molecule has 2 fully saturated rings. The first-order valence-corrected chi connectivity index (χ1v) is 15.4. The van der Waals surface area contributed by atoms with Gasteiger partial charge in [0.25, 0.3) is 0 Å². The van der Waals surface area contributed by atoms with Gasteiger partial charge in [-0.05, 0) is 18.2 Å². The number of phenolic OH excluding ortho intramolecular Hbond substituents is 4. The number of aliphatic hydroxyl groups excluding tert-OH is 8. The Bertz CT molecular complexity index is 1640. The molecule has 2 saturated heterocycles. The van der Waals surface area contributed by atoms with Crippen LogP contribution >= 0.6 is 0 Å². The predicted octanol–water partition coefficient (Wildman–Crippen LogP) is -3.63. The van der Waals surface area contributed by atoms with Gasteiger partial charge in [-0.1, -0.05) is 0 Å². The minimum absolute atomic E-state index is 0.0819. The van der Waals surface area contributed by atoms with Crippen molar-refractivity contribution in [2.24, 2.45) is 0 Å². The Labute approximate surface area is 291 Å². The van der Waals surface area contributed by atoms with E-state index in [4.69, 9.17) is 33.5 Å². The van der Waals surface area contributed by atoms with Crippen molar-refractivity contribution >= 4 is 18.0 Å². The lowest BCUT2D eigenvalue weighted by atomic mass is 9.98. The molecule has 0 bridgehead atoms. The number of esters is 1. The molecule has 3 aliphatic rings. The zero-order chi connectivity index (χ0) is 38.2. The second-order valence-corrected chi connectivity index (χ2v) is 12.0. The van der Waals surface area contributed by atoms with Gasteiger partial charge in [0.2, 0.25) is 12.6 Å². The van der Waals surface area contributed by atoms with E-state index in [1.807, 2.05) is 0 Å². The maximum Gasteiger partial charge on any atom is 0.333 e. The highest BCUT2D eigenvalue weighted by Crippen LogP contribution is 2.47. The highest BCUT2D eigenvalue weighted by atomic mass is 16.7. The fourth-order valence-corrected chi connectivity index (χ4v) is 5.49. The number of carboxylic acid groups (broad SMARTS) is 1. The van der Waals surface area contributed by atoms with Crippen molar-refractivity contribution in [1.82, 2.24) is 0 Å². The summed E-state index contributed by atoms with van der Waals surface area (Å²) < 4.78 is 33.5. The van der Waals surface area contributed by atoms with E-state index in [1.54, 1.807) is 0 Å². The molecule has 21 nitrogen and oxygen atoms in total. The summed E-state index contributed by atoms with van der Waals surface area (Å²) in [6.45, 7) is -1.61. The van der Waals surface area contributed by atoms with Gasteiger partial charge in [0.1, 0.15) is 78.4 Å². The van der Waals surface area contributed by atoms with Crippen LogP contribution in [0.4, 0.5) is 0 Å². The number of aliphatic carboxylic acids is 1. The van der Waals surface area contributed by atoms with E-state index in [-0.39, 0.29) is 28.4 Å². The zero-order valence-electron chi connectivity index (χ0n) is 26.5. The van der Waals surface area contributed by atoms with Crippen LogP contribution in [0.1, 0.15) is 23.7 Å². The smallest absolute Gasteiger partial charge is 0.333 e. The molecule has 5 rings (SSSR count). The Hall–Kier alpha value is -4.68. The van der Waals surface area contributed by atoms with Crippen molar-refractivity contribution in [3.05, 3.63) is 41.2 Å². The third kappa shape index (κ3) is 7.88. The molecule has 0 aromatic heterocycles. The lowest BCUT2D eigenvalue weighted by Gasteiger charge is -2.41. The predicted molar refractivity (Wildman–Crippen MR) is 162 cm³/mol. The monoisotopic (exact) mass is 744 g/mol. The first-order chi connectivity index (χ1) is 24.5. The van der Waals surface area contributed by atoms with Gasteiger partial charge in [0, 0.05) is 17.7 Å². The van der Waals surface area contributed by atoms with Crippen LogP contribution in [0.25, 0.3) is 6.08 Å². The van der Waals surface area contributed by atoms with E-state index in [9.17, 15) is 70.9 Å². The number of aromatic hydroxyl groups is 4. The number of aliphatic hydroxyl groups is 8. The number of rotatable bonds is 11. The molecule has 21 heteroatoms. The van der Waals surface area contributed by atoms with Crippen LogP contribution in [-0.4, -0.2) is 159 Å². The van der Waals surface area contributed by atoms with E-state index in [1.165, 1.54) is 6.08 Å². The minimum Gasteiger partial charge on any atom is -0.508 e. The van der Waals surface area contributed by atoms with Crippen LogP contribution in [0, 0.1) is 0 Å². The van der Waals surface area contributed by atoms with E-state index >= 15 is 0 Å². The number of benzene rings is 2.